The van der Waals surface area contributed by atoms with Gasteiger partial charge in [-0.05, 0) is 56.2 Å². The van der Waals surface area contributed by atoms with Crippen LogP contribution in [0.15, 0.2) is 18.2 Å². The minimum atomic E-state index is -0.950. The fraction of sp³-hybridized carbons (Fsp3) is 0.633. The first kappa shape index (κ1) is 26.9. The highest BCUT2D eigenvalue weighted by Gasteiger charge is 2.44. The minimum Gasteiger partial charge on any atom is -0.369 e. The Kier molecular flexibility index (Phi) is 7.61. The van der Waals surface area contributed by atoms with Crippen molar-refractivity contribution in [3.8, 4) is 0 Å². The molecule has 1 atom stereocenters. The number of likely N-dealkylation sites (tertiary alicyclic amines) is 1. The second-order valence-corrected chi connectivity index (χ2v) is 12.1. The number of amides is 5. The zero-order valence-electron chi connectivity index (χ0n) is 23.1. The van der Waals surface area contributed by atoms with Crippen molar-refractivity contribution < 1.29 is 24.0 Å². The molecule has 4 aliphatic heterocycles. The number of benzene rings is 1. The number of piperidine rings is 2. The molecule has 214 valence electrons. The number of piperazine rings is 1. The predicted octanol–water partition coefficient (Wildman–Crippen LogP) is 2.03. The number of anilines is 1. The van der Waals surface area contributed by atoms with Crippen molar-refractivity contribution in [3.05, 3.63) is 29.3 Å². The molecule has 0 radical (unpaired) electrons. The summed E-state index contributed by atoms with van der Waals surface area (Å²) in [6.45, 7) is 6.33. The van der Waals surface area contributed by atoms with Crippen molar-refractivity contribution in [2.45, 2.75) is 63.8 Å². The Morgan fingerprint density at radius 3 is 2.20 bits per heavy atom. The van der Waals surface area contributed by atoms with Crippen molar-refractivity contribution in [3.63, 3.8) is 0 Å². The zero-order valence-corrected chi connectivity index (χ0v) is 23.1. The third-order valence-corrected chi connectivity index (χ3v) is 9.56. The molecule has 1 aromatic carbocycles. The van der Waals surface area contributed by atoms with Crippen LogP contribution in [0.4, 0.5) is 5.69 Å². The van der Waals surface area contributed by atoms with Crippen LogP contribution in [0.1, 0.15) is 78.5 Å². The van der Waals surface area contributed by atoms with E-state index in [9.17, 15) is 24.0 Å². The average molecular weight is 550 g/mol. The average Bonchev–Trinajstić information content (AvgIpc) is 3.23. The number of carbonyl (C=O) groups excluding carboxylic acids is 5. The van der Waals surface area contributed by atoms with E-state index in [4.69, 9.17) is 0 Å². The Morgan fingerprint density at radius 2 is 1.50 bits per heavy atom. The van der Waals surface area contributed by atoms with Crippen LogP contribution in [0.3, 0.4) is 0 Å². The van der Waals surface area contributed by atoms with Crippen molar-refractivity contribution in [1.29, 1.82) is 0 Å². The Balaban J connectivity index is 1.00. The summed E-state index contributed by atoms with van der Waals surface area (Å²) in [6.07, 6.45) is 8.20. The SMILES string of the molecule is O=C1CCC(N2C(=O)c3ccc(N4CCN(CC5CCN(C(=O)C6CCCCC6)CC5)CC4)cc3C2=O)C(=O)N1. The van der Waals surface area contributed by atoms with E-state index in [1.54, 1.807) is 12.1 Å². The number of hydrogen-bond acceptors (Lipinski definition) is 7. The predicted molar refractivity (Wildman–Crippen MR) is 148 cm³/mol. The van der Waals surface area contributed by atoms with Crippen LogP contribution in [0, 0.1) is 11.8 Å². The highest BCUT2D eigenvalue weighted by molar-refractivity contribution is 6.23. The summed E-state index contributed by atoms with van der Waals surface area (Å²) in [5, 5.41) is 2.24. The zero-order chi connectivity index (χ0) is 27.8. The van der Waals surface area contributed by atoms with Crippen molar-refractivity contribution >= 4 is 35.2 Å². The van der Waals surface area contributed by atoms with Crippen molar-refractivity contribution in [1.82, 2.24) is 20.0 Å². The molecule has 5 amide bonds. The molecule has 40 heavy (non-hydrogen) atoms. The fourth-order valence-electron chi connectivity index (χ4n) is 7.15. The summed E-state index contributed by atoms with van der Waals surface area (Å²) in [5.41, 5.74) is 1.54. The maximum Gasteiger partial charge on any atom is 0.262 e. The van der Waals surface area contributed by atoms with Gasteiger partial charge in [0.25, 0.3) is 11.8 Å². The van der Waals surface area contributed by atoms with Crippen LogP contribution in [0.2, 0.25) is 0 Å². The van der Waals surface area contributed by atoms with Gasteiger partial charge in [0.05, 0.1) is 11.1 Å². The summed E-state index contributed by atoms with van der Waals surface area (Å²) in [4.78, 5) is 70.8. The lowest BCUT2D eigenvalue weighted by molar-refractivity contribution is -0.138. The molecule has 5 aliphatic rings. The third kappa shape index (κ3) is 5.25. The molecule has 4 fully saturated rings. The van der Waals surface area contributed by atoms with E-state index in [0.29, 0.717) is 23.0 Å². The van der Waals surface area contributed by atoms with Crippen LogP contribution in [-0.4, -0.2) is 96.1 Å². The van der Waals surface area contributed by atoms with Crippen molar-refractivity contribution in [2.75, 3.05) is 50.7 Å². The first-order valence-corrected chi connectivity index (χ1v) is 15.0. The number of imide groups is 2. The first-order chi connectivity index (χ1) is 19.4. The van der Waals surface area contributed by atoms with Crippen LogP contribution < -0.4 is 10.2 Å². The fourth-order valence-corrected chi connectivity index (χ4v) is 7.15. The number of rotatable bonds is 5. The molecule has 10 heteroatoms. The minimum absolute atomic E-state index is 0.108. The number of hydrogen-bond donors (Lipinski definition) is 1. The summed E-state index contributed by atoms with van der Waals surface area (Å²) in [6, 6.07) is 4.39. The number of fused-ring (bicyclic) bond motifs is 1. The van der Waals surface area contributed by atoms with Crippen LogP contribution in [0.25, 0.3) is 0 Å². The standard InChI is InChI=1S/C30H39N5O5/c36-26-9-8-25(27(37)31-26)35-29(39)23-7-6-22(18-24(23)30(35)40)33-16-14-32(15-17-33)19-20-10-12-34(13-11-20)28(38)21-4-2-1-3-5-21/h6-7,18,20-21,25H,1-5,8-17,19H2,(H,31,36,37). The highest BCUT2D eigenvalue weighted by Crippen LogP contribution is 2.32. The quantitative estimate of drug-likeness (QED) is 0.560. The van der Waals surface area contributed by atoms with Crippen LogP contribution in [0.5, 0.6) is 0 Å². The second-order valence-electron chi connectivity index (χ2n) is 12.1. The van der Waals surface area contributed by atoms with Gasteiger partial charge >= 0.3 is 0 Å². The molecule has 0 bridgehead atoms. The molecular weight excluding hydrogens is 510 g/mol. The van der Waals surface area contributed by atoms with E-state index in [-0.39, 0.29) is 24.7 Å². The van der Waals surface area contributed by atoms with Gasteiger partial charge in [-0.2, -0.15) is 0 Å². The molecule has 0 aromatic heterocycles. The lowest BCUT2D eigenvalue weighted by Crippen LogP contribution is -2.54. The van der Waals surface area contributed by atoms with Crippen molar-refractivity contribution in [2.24, 2.45) is 11.8 Å². The van der Waals surface area contributed by atoms with Gasteiger partial charge in [-0.3, -0.25) is 39.1 Å². The van der Waals surface area contributed by atoms with Gasteiger partial charge in [0, 0.05) is 63.8 Å². The largest absolute Gasteiger partial charge is 0.369 e. The molecule has 1 N–H and O–H groups in total. The normalized spacial score (nSPS) is 25.4. The monoisotopic (exact) mass is 549 g/mol. The number of nitrogens with zero attached hydrogens (tertiary/aromatic N) is 4. The maximum atomic E-state index is 13.2. The molecule has 0 spiro atoms. The Morgan fingerprint density at radius 1 is 0.800 bits per heavy atom. The van der Waals surface area contributed by atoms with Gasteiger partial charge in [0.15, 0.2) is 0 Å². The van der Waals surface area contributed by atoms with E-state index >= 15 is 0 Å². The maximum absolute atomic E-state index is 13.2. The smallest absolute Gasteiger partial charge is 0.262 e. The molecule has 1 aromatic rings. The number of nitrogens with one attached hydrogen (secondary N) is 1. The number of carbonyl (C=O) groups is 5. The van der Waals surface area contributed by atoms with E-state index < -0.39 is 23.8 Å². The van der Waals surface area contributed by atoms with Crippen LogP contribution >= 0.6 is 0 Å². The van der Waals surface area contributed by atoms with E-state index in [1.807, 2.05) is 6.07 Å². The second kappa shape index (κ2) is 11.3. The van der Waals surface area contributed by atoms with Gasteiger partial charge in [-0.15, -0.1) is 0 Å². The van der Waals surface area contributed by atoms with Gasteiger partial charge in [0.1, 0.15) is 6.04 Å². The lowest BCUT2D eigenvalue weighted by Gasteiger charge is -2.40. The van der Waals surface area contributed by atoms with Gasteiger partial charge in [0.2, 0.25) is 17.7 Å². The molecule has 4 heterocycles. The highest BCUT2D eigenvalue weighted by atomic mass is 16.2. The Hall–Kier alpha value is -3.27. The van der Waals surface area contributed by atoms with E-state index in [0.717, 1.165) is 82.1 Å². The summed E-state index contributed by atoms with van der Waals surface area (Å²) in [7, 11) is 0. The summed E-state index contributed by atoms with van der Waals surface area (Å²) < 4.78 is 0. The molecule has 3 saturated heterocycles. The topological polar surface area (TPSA) is 110 Å². The van der Waals surface area contributed by atoms with E-state index in [1.165, 1.54) is 19.3 Å². The van der Waals surface area contributed by atoms with Gasteiger partial charge in [-0.1, -0.05) is 19.3 Å². The molecular formula is C30H39N5O5. The summed E-state index contributed by atoms with van der Waals surface area (Å²) in [5.74, 6) is -0.657. The first-order valence-electron chi connectivity index (χ1n) is 15.0. The summed E-state index contributed by atoms with van der Waals surface area (Å²) >= 11 is 0. The molecule has 6 rings (SSSR count). The molecule has 1 aliphatic carbocycles. The van der Waals surface area contributed by atoms with Gasteiger partial charge < -0.3 is 9.80 Å². The Labute approximate surface area is 235 Å². The molecule has 1 saturated carbocycles. The molecule has 10 nitrogen and oxygen atoms in total. The molecule has 1 unspecified atom stereocenters. The van der Waals surface area contributed by atoms with Crippen LogP contribution in [-0.2, 0) is 14.4 Å². The Bertz CT molecular complexity index is 1190. The van der Waals surface area contributed by atoms with E-state index in [2.05, 4.69) is 20.0 Å². The third-order valence-electron chi connectivity index (χ3n) is 9.56. The lowest BCUT2D eigenvalue weighted by atomic mass is 9.87. The van der Waals surface area contributed by atoms with Gasteiger partial charge in [-0.25, -0.2) is 0 Å².